The Morgan fingerprint density at radius 3 is 2.71 bits per heavy atom. The van der Waals surface area contributed by atoms with E-state index >= 15 is 0 Å². The molecule has 0 atom stereocenters. The molecule has 0 spiro atoms. The van der Waals surface area contributed by atoms with Crippen molar-refractivity contribution in [1.82, 2.24) is 24.5 Å². The number of nitrogens with zero attached hydrogens (tertiary/aromatic N) is 5. The summed E-state index contributed by atoms with van der Waals surface area (Å²) < 4.78 is 3.09. The molecule has 0 aliphatic rings. The van der Waals surface area contributed by atoms with E-state index < -0.39 is 0 Å². The number of halogens is 1. The Labute approximate surface area is 128 Å². The Morgan fingerprint density at radius 1 is 1.33 bits per heavy atom. The minimum atomic E-state index is -0.283. The predicted molar refractivity (Wildman–Crippen MR) is 82.6 cm³/mol. The fraction of sp³-hybridized carbons (Fsp3) is 0.462. The highest BCUT2D eigenvalue weighted by atomic mass is 35.5. The highest BCUT2D eigenvalue weighted by Gasteiger charge is 2.09. The minimum absolute atomic E-state index is 0.160. The molecular weight excluding hydrogens is 292 g/mol. The maximum Gasteiger partial charge on any atom is 0.287 e. The van der Waals surface area contributed by atoms with E-state index in [0.29, 0.717) is 18.8 Å². The number of nitrogens with one attached hydrogen (secondary N) is 1. The van der Waals surface area contributed by atoms with Crippen molar-refractivity contribution in [3.8, 4) is 0 Å². The van der Waals surface area contributed by atoms with E-state index in [4.69, 9.17) is 11.6 Å². The van der Waals surface area contributed by atoms with E-state index in [9.17, 15) is 4.79 Å². The molecule has 0 aliphatic carbocycles. The van der Waals surface area contributed by atoms with E-state index in [1.54, 1.807) is 17.1 Å². The summed E-state index contributed by atoms with van der Waals surface area (Å²) in [5.74, 6) is 0. The maximum atomic E-state index is 12.1. The van der Waals surface area contributed by atoms with Crippen LogP contribution in [-0.4, -0.2) is 45.1 Å². The molecular formula is C13H19ClN6O. The average molecular weight is 311 g/mol. The van der Waals surface area contributed by atoms with E-state index in [2.05, 4.69) is 15.5 Å². The first kappa shape index (κ1) is 15.5. The van der Waals surface area contributed by atoms with Crippen molar-refractivity contribution in [2.45, 2.75) is 13.1 Å². The van der Waals surface area contributed by atoms with Crippen molar-refractivity contribution < 1.29 is 0 Å². The van der Waals surface area contributed by atoms with Crippen molar-refractivity contribution in [1.29, 1.82) is 0 Å². The Balaban J connectivity index is 2.07. The summed E-state index contributed by atoms with van der Waals surface area (Å²) >= 11 is 6.11. The van der Waals surface area contributed by atoms with Crippen LogP contribution in [0.15, 0.2) is 23.4 Å². The zero-order chi connectivity index (χ0) is 15.4. The third-order valence-electron chi connectivity index (χ3n) is 2.99. The predicted octanol–water partition coefficient (Wildman–Crippen LogP) is 0.804. The largest absolute Gasteiger partial charge is 0.378 e. The van der Waals surface area contributed by atoms with Crippen LogP contribution in [0.5, 0.6) is 0 Å². The number of hydrogen-bond donors (Lipinski definition) is 1. The van der Waals surface area contributed by atoms with E-state index in [-0.39, 0.29) is 10.6 Å². The van der Waals surface area contributed by atoms with Crippen LogP contribution in [0.4, 0.5) is 5.69 Å². The Kier molecular flexibility index (Phi) is 4.98. The summed E-state index contributed by atoms with van der Waals surface area (Å²) in [6.45, 7) is 1.77. The smallest absolute Gasteiger partial charge is 0.287 e. The van der Waals surface area contributed by atoms with Gasteiger partial charge in [-0.1, -0.05) is 11.6 Å². The van der Waals surface area contributed by atoms with Crippen LogP contribution in [0.1, 0.15) is 5.56 Å². The van der Waals surface area contributed by atoms with E-state index in [1.807, 2.05) is 32.2 Å². The lowest BCUT2D eigenvalue weighted by molar-refractivity contribution is 0.367. The minimum Gasteiger partial charge on any atom is -0.378 e. The second-order valence-electron chi connectivity index (χ2n) is 5.08. The van der Waals surface area contributed by atoms with Crippen molar-refractivity contribution in [3.63, 3.8) is 0 Å². The third kappa shape index (κ3) is 4.05. The third-order valence-corrected chi connectivity index (χ3v) is 3.35. The van der Waals surface area contributed by atoms with Crippen molar-refractivity contribution in [2.75, 3.05) is 26.0 Å². The van der Waals surface area contributed by atoms with Crippen LogP contribution in [0.2, 0.25) is 5.02 Å². The second kappa shape index (κ2) is 6.73. The van der Waals surface area contributed by atoms with Crippen LogP contribution >= 0.6 is 11.6 Å². The SMILES string of the molecule is CN(C)CCn1ncc(NCc2cnn(C)c2)c(Cl)c1=O. The molecule has 8 heteroatoms. The monoisotopic (exact) mass is 310 g/mol. The number of likely N-dealkylation sites (N-methyl/N-ethyl adjacent to an activating group) is 1. The van der Waals surface area contributed by atoms with Crippen molar-refractivity contribution in [2.24, 2.45) is 7.05 Å². The molecule has 0 saturated heterocycles. The molecule has 2 rings (SSSR count). The van der Waals surface area contributed by atoms with Gasteiger partial charge in [-0.15, -0.1) is 0 Å². The summed E-state index contributed by atoms with van der Waals surface area (Å²) in [6.07, 6.45) is 5.23. The Bertz CT molecular complexity index is 663. The molecule has 0 aromatic carbocycles. The fourth-order valence-corrected chi connectivity index (χ4v) is 2.02. The van der Waals surface area contributed by atoms with Gasteiger partial charge in [0.15, 0.2) is 0 Å². The first-order valence-corrected chi connectivity index (χ1v) is 6.97. The van der Waals surface area contributed by atoms with Gasteiger partial charge in [-0.25, -0.2) is 4.68 Å². The first-order valence-electron chi connectivity index (χ1n) is 6.59. The lowest BCUT2D eigenvalue weighted by Gasteiger charge is -2.12. The lowest BCUT2D eigenvalue weighted by Crippen LogP contribution is -2.29. The van der Waals surface area contributed by atoms with Gasteiger partial charge >= 0.3 is 0 Å². The molecule has 114 valence electrons. The fourth-order valence-electron chi connectivity index (χ4n) is 1.80. The standard InChI is InChI=1S/C13H19ClN6O/c1-18(2)4-5-20-13(21)12(14)11(8-17-20)15-6-10-7-16-19(3)9-10/h7-9,15H,4-6H2,1-3H3. The van der Waals surface area contributed by atoms with E-state index in [1.165, 1.54) is 4.68 Å². The van der Waals surface area contributed by atoms with E-state index in [0.717, 1.165) is 12.1 Å². The zero-order valence-electron chi connectivity index (χ0n) is 12.4. The molecule has 1 N–H and O–H groups in total. The second-order valence-corrected chi connectivity index (χ2v) is 5.46. The Morgan fingerprint density at radius 2 is 2.10 bits per heavy atom. The molecule has 0 saturated carbocycles. The van der Waals surface area contributed by atoms with Gasteiger partial charge in [0.1, 0.15) is 5.02 Å². The van der Waals surface area contributed by atoms with Gasteiger partial charge in [0.05, 0.1) is 24.6 Å². The van der Waals surface area contributed by atoms with Crippen molar-refractivity contribution in [3.05, 3.63) is 39.5 Å². The van der Waals surface area contributed by atoms with Gasteiger partial charge in [0.25, 0.3) is 5.56 Å². The molecule has 2 aromatic heterocycles. The van der Waals surface area contributed by atoms with Gasteiger partial charge in [0, 0.05) is 31.9 Å². The summed E-state index contributed by atoms with van der Waals surface area (Å²) in [6, 6.07) is 0. The van der Waals surface area contributed by atoms with Gasteiger partial charge in [-0.05, 0) is 14.1 Å². The van der Waals surface area contributed by atoms with Crippen molar-refractivity contribution >= 4 is 17.3 Å². The highest BCUT2D eigenvalue weighted by Crippen LogP contribution is 2.16. The molecule has 0 bridgehead atoms. The molecule has 0 amide bonds. The number of rotatable bonds is 6. The zero-order valence-corrected chi connectivity index (χ0v) is 13.1. The number of aromatic nitrogens is 4. The molecule has 2 heterocycles. The van der Waals surface area contributed by atoms with Crippen LogP contribution in [0, 0.1) is 0 Å². The molecule has 21 heavy (non-hydrogen) atoms. The summed E-state index contributed by atoms with van der Waals surface area (Å²) in [5.41, 5.74) is 1.26. The average Bonchev–Trinajstić information content (AvgIpc) is 2.85. The van der Waals surface area contributed by atoms with Crippen LogP contribution in [0.3, 0.4) is 0 Å². The lowest BCUT2D eigenvalue weighted by atomic mass is 10.3. The molecule has 0 radical (unpaired) electrons. The number of hydrogen-bond acceptors (Lipinski definition) is 5. The van der Waals surface area contributed by atoms with Gasteiger partial charge in [0.2, 0.25) is 0 Å². The number of aryl methyl sites for hydroxylation is 1. The molecule has 2 aromatic rings. The molecule has 0 aliphatic heterocycles. The summed E-state index contributed by atoms with van der Waals surface area (Å²) in [4.78, 5) is 14.1. The number of anilines is 1. The molecule has 0 unspecified atom stereocenters. The van der Waals surface area contributed by atoms with Gasteiger partial charge in [-0.2, -0.15) is 10.2 Å². The Hall–Kier alpha value is -1.86. The van der Waals surface area contributed by atoms with Crippen LogP contribution in [0.25, 0.3) is 0 Å². The van der Waals surface area contributed by atoms with Gasteiger partial charge in [-0.3, -0.25) is 9.48 Å². The maximum absolute atomic E-state index is 12.1. The first-order chi connectivity index (χ1) is 9.97. The normalized spacial score (nSPS) is 11.1. The molecule has 7 nitrogen and oxygen atoms in total. The summed E-state index contributed by atoms with van der Waals surface area (Å²) in [5, 5.41) is 11.5. The van der Waals surface area contributed by atoms with Crippen LogP contribution < -0.4 is 10.9 Å². The highest BCUT2D eigenvalue weighted by molar-refractivity contribution is 6.32. The topological polar surface area (TPSA) is 68.0 Å². The quantitative estimate of drug-likeness (QED) is 0.855. The molecule has 0 fully saturated rings. The van der Waals surface area contributed by atoms with Crippen LogP contribution in [-0.2, 0) is 20.1 Å². The van der Waals surface area contributed by atoms with Gasteiger partial charge < -0.3 is 10.2 Å². The summed E-state index contributed by atoms with van der Waals surface area (Å²) in [7, 11) is 5.73.